The molecule has 0 aliphatic heterocycles. The van der Waals surface area contributed by atoms with Gasteiger partial charge < -0.3 is 19.0 Å². The predicted molar refractivity (Wildman–Crippen MR) is 100 cm³/mol. The molecule has 0 unspecified atom stereocenters. The van der Waals surface area contributed by atoms with Crippen molar-refractivity contribution in [2.24, 2.45) is 7.05 Å². The Bertz CT molecular complexity index is 937. The molecule has 3 aromatic rings. The molecule has 1 aromatic carbocycles. The van der Waals surface area contributed by atoms with Crippen LogP contribution >= 0.6 is 11.8 Å². The molecule has 27 heavy (non-hydrogen) atoms. The first-order chi connectivity index (χ1) is 13.1. The molecule has 2 aromatic heterocycles. The zero-order valence-electron chi connectivity index (χ0n) is 14.8. The molecular formula is C18H18N4O4S. The Hall–Kier alpha value is -3.07. The number of aromatic nitrogens is 3. The average molecular weight is 386 g/mol. The number of carbonyl (C=O) groups excluding carboxylic acids is 2. The lowest BCUT2D eigenvalue weighted by Crippen LogP contribution is -2.15. The van der Waals surface area contributed by atoms with Crippen molar-refractivity contribution in [1.82, 2.24) is 14.8 Å². The number of thioether (sulfide) groups is 1. The summed E-state index contributed by atoms with van der Waals surface area (Å²) < 4.78 is 12.0. The Balaban J connectivity index is 1.59. The number of amides is 1. The number of nitrogens with one attached hydrogen (secondary N) is 1. The lowest BCUT2D eigenvalue weighted by atomic mass is 10.2. The maximum Gasteiger partial charge on any atom is 0.338 e. The fourth-order valence-electron chi connectivity index (χ4n) is 2.33. The maximum atomic E-state index is 12.2. The van der Waals surface area contributed by atoms with Crippen LogP contribution in [0.5, 0.6) is 0 Å². The van der Waals surface area contributed by atoms with Gasteiger partial charge in [-0.1, -0.05) is 17.8 Å². The van der Waals surface area contributed by atoms with E-state index in [-0.39, 0.29) is 11.7 Å². The van der Waals surface area contributed by atoms with Gasteiger partial charge in [0, 0.05) is 12.7 Å². The van der Waals surface area contributed by atoms with Crippen molar-refractivity contribution in [2.75, 3.05) is 17.7 Å². The Kier molecular flexibility index (Phi) is 5.92. The number of furan rings is 1. The van der Waals surface area contributed by atoms with Crippen LogP contribution in [0, 0.1) is 0 Å². The van der Waals surface area contributed by atoms with Crippen molar-refractivity contribution < 1.29 is 18.7 Å². The molecule has 140 valence electrons. The van der Waals surface area contributed by atoms with Crippen molar-refractivity contribution in [2.45, 2.75) is 12.1 Å². The third-order valence-electron chi connectivity index (χ3n) is 3.57. The van der Waals surface area contributed by atoms with Crippen LogP contribution in [-0.4, -0.2) is 39.0 Å². The molecule has 0 saturated heterocycles. The monoisotopic (exact) mass is 386 g/mol. The van der Waals surface area contributed by atoms with E-state index in [9.17, 15) is 9.59 Å². The number of benzene rings is 1. The smallest absolute Gasteiger partial charge is 0.338 e. The number of carbonyl (C=O) groups is 2. The molecule has 0 bridgehead atoms. The summed E-state index contributed by atoms with van der Waals surface area (Å²) in [5.41, 5.74) is 0.916. The first kappa shape index (κ1) is 18.7. The van der Waals surface area contributed by atoms with Gasteiger partial charge in [0.1, 0.15) is 0 Å². The van der Waals surface area contributed by atoms with Crippen molar-refractivity contribution in [3.8, 4) is 11.6 Å². The molecule has 9 heteroatoms. The van der Waals surface area contributed by atoms with E-state index >= 15 is 0 Å². The Labute approximate surface area is 159 Å². The zero-order valence-corrected chi connectivity index (χ0v) is 15.7. The molecular weight excluding hydrogens is 368 g/mol. The molecule has 2 heterocycles. The van der Waals surface area contributed by atoms with Crippen LogP contribution < -0.4 is 5.32 Å². The molecule has 0 saturated carbocycles. The van der Waals surface area contributed by atoms with Crippen molar-refractivity contribution in [1.29, 1.82) is 0 Å². The van der Waals surface area contributed by atoms with Gasteiger partial charge in [0.25, 0.3) is 0 Å². The summed E-state index contributed by atoms with van der Waals surface area (Å²) in [4.78, 5) is 24.0. The van der Waals surface area contributed by atoms with Crippen LogP contribution in [0.2, 0.25) is 0 Å². The van der Waals surface area contributed by atoms with Crippen LogP contribution in [0.15, 0.2) is 52.2 Å². The van der Waals surface area contributed by atoms with Crippen LogP contribution in [-0.2, 0) is 16.6 Å². The first-order valence-electron chi connectivity index (χ1n) is 8.21. The van der Waals surface area contributed by atoms with Gasteiger partial charge in [-0.2, -0.15) is 0 Å². The topological polar surface area (TPSA) is 99.2 Å². The van der Waals surface area contributed by atoms with E-state index in [0.29, 0.717) is 34.6 Å². The fraction of sp³-hybridized carbons (Fsp3) is 0.222. The molecule has 1 N–H and O–H groups in total. The normalized spacial score (nSPS) is 10.6. The second-order valence-electron chi connectivity index (χ2n) is 5.48. The number of esters is 1. The zero-order chi connectivity index (χ0) is 19.2. The number of hydrogen-bond donors (Lipinski definition) is 1. The molecule has 0 aliphatic carbocycles. The van der Waals surface area contributed by atoms with E-state index in [1.165, 1.54) is 11.8 Å². The fourth-order valence-corrected chi connectivity index (χ4v) is 3.04. The van der Waals surface area contributed by atoms with E-state index in [1.54, 1.807) is 61.2 Å². The van der Waals surface area contributed by atoms with Crippen molar-refractivity contribution in [3.05, 3.63) is 48.2 Å². The lowest BCUT2D eigenvalue weighted by Gasteiger charge is -2.07. The van der Waals surface area contributed by atoms with Gasteiger partial charge in [0.15, 0.2) is 16.7 Å². The van der Waals surface area contributed by atoms with Crippen molar-refractivity contribution >= 4 is 29.3 Å². The minimum absolute atomic E-state index is 0.147. The van der Waals surface area contributed by atoms with Gasteiger partial charge >= 0.3 is 5.97 Å². The molecule has 8 nitrogen and oxygen atoms in total. The highest BCUT2D eigenvalue weighted by Crippen LogP contribution is 2.23. The molecule has 1 amide bonds. The Morgan fingerprint density at radius 2 is 2.11 bits per heavy atom. The Morgan fingerprint density at radius 1 is 1.26 bits per heavy atom. The summed E-state index contributed by atoms with van der Waals surface area (Å²) in [6, 6.07) is 10.2. The van der Waals surface area contributed by atoms with E-state index < -0.39 is 5.97 Å². The predicted octanol–water partition coefficient (Wildman–Crippen LogP) is 2.98. The second-order valence-corrected chi connectivity index (χ2v) is 6.42. The standard InChI is InChI=1S/C18H18N4O4S/c1-3-25-17(24)12-6-4-7-13(10-12)19-15(23)11-27-18-21-20-16(22(18)2)14-8-5-9-26-14/h4-10H,3,11H2,1-2H3,(H,19,23). The van der Waals surface area contributed by atoms with E-state index in [4.69, 9.17) is 9.15 Å². The molecule has 0 aliphatic rings. The minimum atomic E-state index is -0.424. The number of rotatable bonds is 7. The lowest BCUT2D eigenvalue weighted by molar-refractivity contribution is -0.113. The summed E-state index contributed by atoms with van der Waals surface area (Å²) in [7, 11) is 1.81. The van der Waals surface area contributed by atoms with Gasteiger partial charge in [-0.25, -0.2) is 4.79 Å². The molecule has 0 radical (unpaired) electrons. The third-order valence-corrected chi connectivity index (χ3v) is 4.59. The van der Waals surface area contributed by atoms with Gasteiger partial charge in [-0.05, 0) is 37.3 Å². The van der Waals surface area contributed by atoms with Gasteiger partial charge in [0.2, 0.25) is 5.91 Å². The molecule has 0 atom stereocenters. The van der Waals surface area contributed by atoms with Crippen LogP contribution in [0.4, 0.5) is 5.69 Å². The molecule has 3 rings (SSSR count). The van der Waals surface area contributed by atoms with Crippen LogP contribution in [0.25, 0.3) is 11.6 Å². The highest BCUT2D eigenvalue weighted by atomic mass is 32.2. The molecule has 0 fully saturated rings. The summed E-state index contributed by atoms with van der Waals surface area (Å²) in [6.45, 7) is 2.04. The summed E-state index contributed by atoms with van der Waals surface area (Å²) >= 11 is 1.26. The van der Waals surface area contributed by atoms with E-state index in [2.05, 4.69) is 15.5 Å². The molecule has 0 spiro atoms. The number of hydrogen-bond acceptors (Lipinski definition) is 7. The summed E-state index contributed by atoms with van der Waals surface area (Å²) in [5, 5.41) is 11.5. The van der Waals surface area contributed by atoms with Crippen molar-refractivity contribution in [3.63, 3.8) is 0 Å². The number of ether oxygens (including phenoxy) is 1. The second kappa shape index (κ2) is 8.54. The summed E-state index contributed by atoms with van der Waals surface area (Å²) in [5.74, 6) is 0.700. The van der Waals surface area contributed by atoms with E-state index in [1.807, 2.05) is 0 Å². The van der Waals surface area contributed by atoms with Gasteiger partial charge in [-0.15, -0.1) is 10.2 Å². The maximum absolute atomic E-state index is 12.2. The SMILES string of the molecule is CCOC(=O)c1cccc(NC(=O)CSc2nnc(-c3ccco3)n2C)c1. The number of nitrogens with zero attached hydrogens (tertiary/aromatic N) is 3. The minimum Gasteiger partial charge on any atom is -0.462 e. The average Bonchev–Trinajstić information content (AvgIpc) is 3.30. The highest BCUT2D eigenvalue weighted by molar-refractivity contribution is 7.99. The highest BCUT2D eigenvalue weighted by Gasteiger charge is 2.15. The van der Waals surface area contributed by atoms with E-state index in [0.717, 1.165) is 0 Å². The van der Waals surface area contributed by atoms with Gasteiger partial charge in [0.05, 0.1) is 24.2 Å². The largest absolute Gasteiger partial charge is 0.462 e. The quantitative estimate of drug-likeness (QED) is 0.492. The van der Waals surface area contributed by atoms with Crippen LogP contribution in [0.3, 0.4) is 0 Å². The summed E-state index contributed by atoms with van der Waals surface area (Å²) in [6.07, 6.45) is 1.56. The Morgan fingerprint density at radius 3 is 2.85 bits per heavy atom. The van der Waals surface area contributed by atoms with Crippen LogP contribution in [0.1, 0.15) is 17.3 Å². The third kappa shape index (κ3) is 4.56. The first-order valence-corrected chi connectivity index (χ1v) is 9.20. The van der Waals surface area contributed by atoms with Gasteiger partial charge in [-0.3, -0.25) is 4.79 Å². The number of anilines is 1.